The van der Waals surface area contributed by atoms with E-state index >= 15 is 0 Å². The topological polar surface area (TPSA) is 96.2 Å². The van der Waals surface area contributed by atoms with Crippen LogP contribution >= 0.6 is 0 Å². The number of aromatic nitrogens is 1. The summed E-state index contributed by atoms with van der Waals surface area (Å²) < 4.78 is 5.94. The number of hydrogen-bond donors (Lipinski definition) is 1. The zero-order valence-corrected chi connectivity index (χ0v) is 16.7. The van der Waals surface area contributed by atoms with Gasteiger partial charge in [-0.3, -0.25) is 19.5 Å². The van der Waals surface area contributed by atoms with Crippen LogP contribution in [0.25, 0.3) is 0 Å². The second-order valence-electron chi connectivity index (χ2n) is 8.19. The third-order valence-electron chi connectivity index (χ3n) is 5.53. The maximum absolute atomic E-state index is 12.0. The Kier molecular flexibility index (Phi) is 4.78. The predicted molar refractivity (Wildman–Crippen MR) is 112 cm³/mol. The molecule has 1 aromatic rings. The molecule has 8 nitrogen and oxygen atoms in total. The minimum atomic E-state index is -0.184. The lowest BCUT2D eigenvalue weighted by atomic mass is 9.99. The molecule has 0 radical (unpaired) electrons. The fraction of sp³-hybridized carbons (Fsp3) is 0.409. The summed E-state index contributed by atoms with van der Waals surface area (Å²) in [6, 6.07) is 3.67. The quantitative estimate of drug-likeness (QED) is 0.771. The van der Waals surface area contributed by atoms with Crippen molar-refractivity contribution in [3.63, 3.8) is 0 Å². The lowest BCUT2D eigenvalue weighted by Gasteiger charge is -2.39. The number of fused-ring (bicyclic) bond motifs is 1. The SMILES string of the molecule is CC1=CC2N=CC(CN3CC(Oc4ccc(C(=O)NC5CC5)nc4)C3)=CC2=NC1=O. The summed E-state index contributed by atoms with van der Waals surface area (Å²) in [7, 11) is 0. The van der Waals surface area contributed by atoms with Gasteiger partial charge in [0.1, 0.15) is 23.6 Å². The molecule has 2 amide bonds. The summed E-state index contributed by atoms with van der Waals surface area (Å²) in [5, 5.41) is 2.92. The number of rotatable bonds is 6. The maximum atomic E-state index is 12.0. The van der Waals surface area contributed by atoms with E-state index in [1.165, 1.54) is 0 Å². The van der Waals surface area contributed by atoms with Gasteiger partial charge < -0.3 is 10.1 Å². The van der Waals surface area contributed by atoms with Crippen molar-refractivity contribution < 1.29 is 14.3 Å². The number of pyridine rings is 1. The number of aliphatic imine (C=N–C) groups is 2. The highest BCUT2D eigenvalue weighted by molar-refractivity contribution is 6.16. The Bertz CT molecular complexity index is 998. The molecule has 1 saturated heterocycles. The van der Waals surface area contributed by atoms with Crippen molar-refractivity contribution in [3.05, 3.63) is 47.3 Å². The van der Waals surface area contributed by atoms with Gasteiger partial charge in [0.05, 0.1) is 11.9 Å². The Morgan fingerprint density at radius 3 is 2.87 bits per heavy atom. The molecule has 1 unspecified atom stereocenters. The Morgan fingerprint density at radius 2 is 2.13 bits per heavy atom. The van der Waals surface area contributed by atoms with Crippen LogP contribution in [-0.2, 0) is 4.79 Å². The molecule has 154 valence electrons. The Labute approximate surface area is 174 Å². The number of nitrogens with zero attached hydrogens (tertiary/aromatic N) is 4. The number of carbonyl (C=O) groups is 2. The molecule has 5 rings (SSSR count). The van der Waals surface area contributed by atoms with Crippen molar-refractivity contribution in [2.45, 2.75) is 38.0 Å². The molecule has 1 aliphatic carbocycles. The van der Waals surface area contributed by atoms with Crippen LogP contribution in [0.4, 0.5) is 0 Å². The van der Waals surface area contributed by atoms with E-state index in [2.05, 4.69) is 25.2 Å². The Morgan fingerprint density at radius 1 is 1.30 bits per heavy atom. The van der Waals surface area contributed by atoms with Gasteiger partial charge in [0.2, 0.25) is 0 Å². The van der Waals surface area contributed by atoms with Crippen LogP contribution in [0.2, 0.25) is 0 Å². The zero-order chi connectivity index (χ0) is 20.7. The summed E-state index contributed by atoms with van der Waals surface area (Å²) in [5.74, 6) is 0.357. The smallest absolute Gasteiger partial charge is 0.272 e. The van der Waals surface area contributed by atoms with E-state index < -0.39 is 0 Å². The molecule has 2 fully saturated rings. The number of likely N-dealkylation sites (tertiary alicyclic amines) is 1. The number of nitrogens with one attached hydrogen (secondary N) is 1. The molecule has 0 spiro atoms. The van der Waals surface area contributed by atoms with Gasteiger partial charge in [-0.1, -0.05) is 0 Å². The third kappa shape index (κ3) is 4.09. The Balaban J connectivity index is 1.10. The molecule has 1 N–H and O–H groups in total. The second kappa shape index (κ2) is 7.60. The third-order valence-corrected chi connectivity index (χ3v) is 5.53. The minimum Gasteiger partial charge on any atom is -0.486 e. The van der Waals surface area contributed by atoms with Gasteiger partial charge >= 0.3 is 0 Å². The van der Waals surface area contributed by atoms with Crippen LogP contribution in [0.5, 0.6) is 5.75 Å². The van der Waals surface area contributed by atoms with Crippen LogP contribution in [0.3, 0.4) is 0 Å². The van der Waals surface area contributed by atoms with Crippen molar-refractivity contribution >= 4 is 23.7 Å². The lowest BCUT2D eigenvalue weighted by molar-refractivity contribution is -0.114. The summed E-state index contributed by atoms with van der Waals surface area (Å²) >= 11 is 0. The van der Waals surface area contributed by atoms with E-state index in [1.54, 1.807) is 25.3 Å². The van der Waals surface area contributed by atoms with Crippen LogP contribution < -0.4 is 10.1 Å². The van der Waals surface area contributed by atoms with Gasteiger partial charge in [0.15, 0.2) is 0 Å². The number of amides is 2. The first-order valence-electron chi connectivity index (χ1n) is 10.2. The number of ether oxygens (including phenoxy) is 1. The van der Waals surface area contributed by atoms with Gasteiger partial charge in [-0.15, -0.1) is 0 Å². The monoisotopic (exact) mass is 405 g/mol. The second-order valence-corrected chi connectivity index (χ2v) is 8.19. The van der Waals surface area contributed by atoms with Crippen molar-refractivity contribution in [2.24, 2.45) is 9.98 Å². The van der Waals surface area contributed by atoms with Crippen LogP contribution in [-0.4, -0.2) is 71.4 Å². The number of dihydropyridines is 2. The molecular weight excluding hydrogens is 382 g/mol. The average Bonchev–Trinajstić information content (AvgIpc) is 3.52. The summed E-state index contributed by atoms with van der Waals surface area (Å²) in [6.07, 6.45) is 9.49. The molecule has 0 bridgehead atoms. The van der Waals surface area contributed by atoms with E-state index in [0.29, 0.717) is 28.8 Å². The van der Waals surface area contributed by atoms with E-state index in [1.807, 2.05) is 18.4 Å². The molecule has 1 atom stereocenters. The molecule has 1 saturated carbocycles. The van der Waals surface area contributed by atoms with Gasteiger partial charge in [-0.25, -0.2) is 9.98 Å². The molecule has 0 aromatic carbocycles. The van der Waals surface area contributed by atoms with Crippen molar-refractivity contribution in [2.75, 3.05) is 19.6 Å². The summed E-state index contributed by atoms with van der Waals surface area (Å²) in [4.78, 5) is 38.9. The molecule has 4 heterocycles. The number of hydrogen-bond acceptors (Lipinski definition) is 6. The molecule has 1 aromatic heterocycles. The molecule has 4 aliphatic rings. The molecule has 30 heavy (non-hydrogen) atoms. The van der Waals surface area contributed by atoms with Gasteiger partial charge in [-0.2, -0.15) is 0 Å². The van der Waals surface area contributed by atoms with Crippen molar-refractivity contribution in [1.82, 2.24) is 15.2 Å². The van der Waals surface area contributed by atoms with E-state index in [0.717, 1.165) is 38.0 Å². The summed E-state index contributed by atoms with van der Waals surface area (Å²) in [5.41, 5.74) is 2.82. The predicted octanol–water partition coefficient (Wildman–Crippen LogP) is 1.34. The average molecular weight is 405 g/mol. The van der Waals surface area contributed by atoms with Crippen LogP contribution in [0, 0.1) is 0 Å². The first-order chi connectivity index (χ1) is 14.5. The van der Waals surface area contributed by atoms with Crippen molar-refractivity contribution in [1.29, 1.82) is 0 Å². The highest BCUT2D eigenvalue weighted by Gasteiger charge is 2.30. The van der Waals surface area contributed by atoms with E-state index in [9.17, 15) is 9.59 Å². The van der Waals surface area contributed by atoms with Crippen LogP contribution in [0.1, 0.15) is 30.3 Å². The highest BCUT2D eigenvalue weighted by Crippen LogP contribution is 2.22. The van der Waals surface area contributed by atoms with Crippen molar-refractivity contribution in [3.8, 4) is 5.75 Å². The Hall–Kier alpha value is -3.13. The highest BCUT2D eigenvalue weighted by atomic mass is 16.5. The minimum absolute atomic E-state index is 0.0889. The van der Waals surface area contributed by atoms with Gasteiger partial charge in [0.25, 0.3) is 11.8 Å². The van der Waals surface area contributed by atoms with E-state index in [-0.39, 0.29) is 24.0 Å². The molecule has 8 heteroatoms. The first-order valence-corrected chi connectivity index (χ1v) is 10.2. The zero-order valence-electron chi connectivity index (χ0n) is 16.7. The standard InChI is InChI=1S/C22H23N5O3/c1-13-6-19-20(26-21(13)28)7-14(8-23-19)10-27-11-17(12-27)30-16-4-5-18(24-9-16)22(29)25-15-2-3-15/h4-9,15,17,19H,2-3,10-12H2,1H3,(H,25,29). The normalized spacial score (nSPS) is 23.7. The first kappa shape index (κ1) is 18.9. The van der Waals surface area contributed by atoms with Crippen LogP contribution in [0.15, 0.2) is 51.6 Å². The largest absolute Gasteiger partial charge is 0.486 e. The van der Waals surface area contributed by atoms with Gasteiger partial charge in [0, 0.05) is 37.5 Å². The maximum Gasteiger partial charge on any atom is 0.272 e. The lowest BCUT2D eigenvalue weighted by Crippen LogP contribution is -2.54. The molecular formula is C22H23N5O3. The fourth-order valence-corrected chi connectivity index (χ4v) is 3.64. The molecule has 3 aliphatic heterocycles. The number of carbonyl (C=O) groups excluding carboxylic acids is 2. The van der Waals surface area contributed by atoms with Gasteiger partial charge in [-0.05, 0) is 49.6 Å². The fourth-order valence-electron chi connectivity index (χ4n) is 3.64. The van der Waals surface area contributed by atoms with E-state index in [4.69, 9.17) is 4.74 Å². The summed E-state index contributed by atoms with van der Waals surface area (Å²) in [6.45, 7) is 4.10.